The van der Waals surface area contributed by atoms with Crippen molar-refractivity contribution >= 4 is 17.7 Å². The van der Waals surface area contributed by atoms with E-state index < -0.39 is 0 Å². The highest BCUT2D eigenvalue weighted by molar-refractivity contribution is 7.98. The van der Waals surface area contributed by atoms with Crippen molar-refractivity contribution in [2.24, 2.45) is 5.92 Å². The van der Waals surface area contributed by atoms with Crippen molar-refractivity contribution in [3.8, 4) is 5.75 Å². The Kier molecular flexibility index (Phi) is 6.19. The third-order valence-electron chi connectivity index (χ3n) is 4.68. The molecule has 0 aliphatic carbocycles. The molecule has 0 radical (unpaired) electrons. The third kappa shape index (κ3) is 4.20. The van der Waals surface area contributed by atoms with Gasteiger partial charge in [0.15, 0.2) is 0 Å². The lowest BCUT2D eigenvalue weighted by atomic mass is 9.93. The van der Waals surface area contributed by atoms with E-state index in [1.54, 1.807) is 18.9 Å². The van der Waals surface area contributed by atoms with Crippen molar-refractivity contribution in [2.75, 3.05) is 27.0 Å². The lowest BCUT2D eigenvalue weighted by Gasteiger charge is -2.25. The largest absolute Gasteiger partial charge is 0.497 e. The van der Waals surface area contributed by atoms with Crippen LogP contribution in [-0.2, 0) is 11.3 Å². The summed E-state index contributed by atoms with van der Waals surface area (Å²) in [7, 11) is 3.52. The maximum Gasteiger partial charge on any atom is 0.229 e. The Hall–Kier alpha value is -2.02. The van der Waals surface area contributed by atoms with Crippen LogP contribution in [0.2, 0.25) is 0 Å². The Morgan fingerprint density at radius 3 is 2.85 bits per heavy atom. The molecule has 1 aliphatic heterocycles. The van der Waals surface area contributed by atoms with Crippen molar-refractivity contribution in [3.05, 3.63) is 59.7 Å². The van der Waals surface area contributed by atoms with Crippen LogP contribution in [0.3, 0.4) is 0 Å². The van der Waals surface area contributed by atoms with Gasteiger partial charge in [0.1, 0.15) is 5.75 Å². The SMILES string of the molecule is COc1cccc(C2NNCC2C(=O)N(C)Cc2cccc(SC)c2)c1. The minimum absolute atomic E-state index is 0.0717. The molecule has 1 saturated heterocycles. The van der Waals surface area contributed by atoms with Crippen molar-refractivity contribution in [2.45, 2.75) is 17.5 Å². The first-order valence-electron chi connectivity index (χ1n) is 8.62. The second-order valence-corrected chi connectivity index (χ2v) is 7.31. The van der Waals surface area contributed by atoms with Crippen molar-refractivity contribution < 1.29 is 9.53 Å². The Bertz CT molecular complexity index is 768. The van der Waals surface area contributed by atoms with Crippen LogP contribution in [0.4, 0.5) is 0 Å². The summed E-state index contributed by atoms with van der Waals surface area (Å²) in [4.78, 5) is 16.1. The van der Waals surface area contributed by atoms with Gasteiger partial charge >= 0.3 is 0 Å². The van der Waals surface area contributed by atoms with Gasteiger partial charge in [-0.15, -0.1) is 11.8 Å². The van der Waals surface area contributed by atoms with Crippen LogP contribution in [0.1, 0.15) is 17.2 Å². The summed E-state index contributed by atoms with van der Waals surface area (Å²) in [5, 5.41) is 0. The molecule has 0 saturated carbocycles. The highest BCUT2D eigenvalue weighted by Gasteiger charge is 2.35. The molecule has 2 N–H and O–H groups in total. The van der Waals surface area contributed by atoms with E-state index in [1.807, 2.05) is 42.3 Å². The predicted molar refractivity (Wildman–Crippen MR) is 105 cm³/mol. The number of methoxy groups -OCH3 is 1. The van der Waals surface area contributed by atoms with E-state index >= 15 is 0 Å². The van der Waals surface area contributed by atoms with Crippen molar-refractivity contribution in [3.63, 3.8) is 0 Å². The van der Waals surface area contributed by atoms with Gasteiger partial charge in [-0.3, -0.25) is 10.2 Å². The summed E-state index contributed by atoms with van der Waals surface area (Å²) in [6, 6.07) is 16.1. The molecular weight excluding hydrogens is 346 g/mol. The molecule has 0 bridgehead atoms. The zero-order chi connectivity index (χ0) is 18.5. The van der Waals surface area contributed by atoms with Gasteiger partial charge in [-0.05, 0) is 41.6 Å². The average Bonchev–Trinajstić information content (AvgIpc) is 3.17. The second-order valence-electron chi connectivity index (χ2n) is 6.43. The summed E-state index contributed by atoms with van der Waals surface area (Å²) >= 11 is 1.71. The zero-order valence-electron chi connectivity index (χ0n) is 15.4. The maximum absolute atomic E-state index is 13.1. The molecule has 2 aromatic carbocycles. The lowest BCUT2D eigenvalue weighted by Crippen LogP contribution is -2.36. The fraction of sp³-hybridized carbons (Fsp3) is 0.350. The van der Waals surface area contributed by atoms with Gasteiger partial charge in [-0.2, -0.15) is 0 Å². The Balaban J connectivity index is 1.72. The van der Waals surface area contributed by atoms with E-state index in [0.29, 0.717) is 13.1 Å². The molecular formula is C20H25N3O2S. The molecule has 3 rings (SSSR count). The number of nitrogens with zero attached hydrogens (tertiary/aromatic N) is 1. The topological polar surface area (TPSA) is 53.6 Å². The number of carbonyl (C=O) groups excluding carboxylic acids is 1. The normalized spacial score (nSPS) is 19.3. The summed E-state index contributed by atoms with van der Waals surface area (Å²) in [6.45, 7) is 1.21. The van der Waals surface area contributed by atoms with E-state index in [9.17, 15) is 4.79 Å². The minimum atomic E-state index is -0.157. The van der Waals surface area contributed by atoms with Gasteiger partial charge in [0.2, 0.25) is 5.91 Å². The number of ether oxygens (including phenoxy) is 1. The fourth-order valence-electron chi connectivity index (χ4n) is 3.28. The van der Waals surface area contributed by atoms with E-state index in [1.165, 1.54) is 4.90 Å². The Labute approximate surface area is 159 Å². The van der Waals surface area contributed by atoms with Crippen LogP contribution in [0.15, 0.2) is 53.4 Å². The second kappa shape index (κ2) is 8.58. The van der Waals surface area contributed by atoms with Gasteiger partial charge in [0.25, 0.3) is 0 Å². The average molecular weight is 372 g/mol. The number of rotatable bonds is 6. The maximum atomic E-state index is 13.1. The number of carbonyl (C=O) groups is 1. The van der Waals surface area contributed by atoms with Crippen LogP contribution >= 0.6 is 11.8 Å². The van der Waals surface area contributed by atoms with Crippen LogP contribution < -0.4 is 15.6 Å². The number of amides is 1. The molecule has 2 atom stereocenters. The highest BCUT2D eigenvalue weighted by Crippen LogP contribution is 2.29. The lowest BCUT2D eigenvalue weighted by molar-refractivity contribution is -0.134. The Morgan fingerprint density at radius 2 is 2.08 bits per heavy atom. The van der Waals surface area contributed by atoms with Crippen LogP contribution in [0.25, 0.3) is 0 Å². The summed E-state index contributed by atoms with van der Waals surface area (Å²) in [5.41, 5.74) is 8.56. The molecule has 0 aromatic heterocycles. The predicted octanol–water partition coefficient (Wildman–Crippen LogP) is 2.84. The van der Waals surface area contributed by atoms with Gasteiger partial charge in [0, 0.05) is 25.0 Å². The zero-order valence-corrected chi connectivity index (χ0v) is 16.2. The third-order valence-corrected chi connectivity index (χ3v) is 5.41. The first kappa shape index (κ1) is 18.8. The van der Waals surface area contributed by atoms with Crippen molar-refractivity contribution in [1.29, 1.82) is 0 Å². The highest BCUT2D eigenvalue weighted by atomic mass is 32.2. The molecule has 1 fully saturated rings. The first-order valence-corrected chi connectivity index (χ1v) is 9.85. The number of hydrazine groups is 1. The van der Waals surface area contributed by atoms with Gasteiger partial charge in [0.05, 0.1) is 19.1 Å². The van der Waals surface area contributed by atoms with E-state index in [2.05, 4.69) is 35.3 Å². The first-order chi connectivity index (χ1) is 12.6. The molecule has 5 nitrogen and oxygen atoms in total. The molecule has 6 heteroatoms. The molecule has 1 amide bonds. The van der Waals surface area contributed by atoms with Crippen molar-refractivity contribution in [1.82, 2.24) is 15.8 Å². The summed E-state index contributed by atoms with van der Waals surface area (Å²) in [5.74, 6) is 0.769. The molecule has 2 unspecified atom stereocenters. The van der Waals surface area contributed by atoms with Gasteiger partial charge in [-0.1, -0.05) is 24.3 Å². The molecule has 26 heavy (non-hydrogen) atoms. The quantitative estimate of drug-likeness (QED) is 0.765. The van der Waals surface area contributed by atoms with E-state index in [-0.39, 0.29) is 17.9 Å². The minimum Gasteiger partial charge on any atom is -0.497 e. The fourth-order valence-corrected chi connectivity index (χ4v) is 3.77. The molecule has 0 spiro atoms. The van der Waals surface area contributed by atoms with Crippen LogP contribution in [0, 0.1) is 5.92 Å². The smallest absolute Gasteiger partial charge is 0.229 e. The van der Waals surface area contributed by atoms with E-state index in [0.717, 1.165) is 16.9 Å². The molecule has 1 aliphatic rings. The number of hydrogen-bond acceptors (Lipinski definition) is 5. The number of thioether (sulfide) groups is 1. The molecule has 1 heterocycles. The van der Waals surface area contributed by atoms with Gasteiger partial charge < -0.3 is 9.64 Å². The monoisotopic (exact) mass is 371 g/mol. The molecule has 2 aromatic rings. The van der Waals surface area contributed by atoms with Crippen LogP contribution in [0.5, 0.6) is 5.75 Å². The summed E-state index contributed by atoms with van der Waals surface area (Å²) in [6.07, 6.45) is 2.06. The Morgan fingerprint density at radius 1 is 1.27 bits per heavy atom. The van der Waals surface area contributed by atoms with E-state index in [4.69, 9.17) is 4.74 Å². The summed E-state index contributed by atoms with van der Waals surface area (Å²) < 4.78 is 5.31. The van der Waals surface area contributed by atoms with Crippen LogP contribution in [-0.4, -0.2) is 37.8 Å². The molecule has 138 valence electrons. The standard InChI is InChI=1S/C20H25N3O2S/c1-23(13-14-6-4-9-17(10-14)26-3)20(24)18-12-21-22-19(18)15-7-5-8-16(11-15)25-2/h4-11,18-19,21-22H,12-13H2,1-3H3. The van der Waals surface area contributed by atoms with Gasteiger partial charge in [-0.25, -0.2) is 5.43 Å². The number of nitrogens with one attached hydrogen (secondary N) is 2. The number of hydrogen-bond donors (Lipinski definition) is 2. The number of benzene rings is 2.